The van der Waals surface area contributed by atoms with Crippen molar-refractivity contribution in [2.45, 2.75) is 17.2 Å². The maximum Gasteiger partial charge on any atom is 0.417 e. The molecule has 3 aromatic rings. The highest BCUT2D eigenvalue weighted by molar-refractivity contribution is 7.87. The van der Waals surface area contributed by atoms with Gasteiger partial charge in [0.15, 0.2) is 5.75 Å². The van der Waals surface area contributed by atoms with Crippen LogP contribution in [-0.2, 0) is 22.5 Å². The Morgan fingerprint density at radius 3 is 2.11 bits per heavy atom. The highest BCUT2D eigenvalue weighted by Crippen LogP contribution is 2.33. The normalized spacial score (nSPS) is 12.5. The van der Waals surface area contributed by atoms with Gasteiger partial charge in [-0.15, -0.1) is 0 Å². The van der Waals surface area contributed by atoms with Gasteiger partial charge in [0, 0.05) is 5.56 Å². The number of para-hydroxylation sites is 1. The summed E-state index contributed by atoms with van der Waals surface area (Å²) in [6, 6.07) is 9.61. The first-order chi connectivity index (χ1) is 16.7. The number of amides is 1. The molecule has 0 radical (unpaired) electrons. The summed E-state index contributed by atoms with van der Waals surface area (Å²) in [5, 5.41) is 3.43. The monoisotopic (exact) mass is 534 g/mol. The molecule has 0 atom stereocenters. The Morgan fingerprint density at radius 1 is 0.861 bits per heavy atom. The molecule has 0 fully saturated rings. The molecule has 0 saturated carbocycles. The predicted molar refractivity (Wildman–Crippen MR) is 112 cm³/mol. The van der Waals surface area contributed by atoms with Crippen LogP contribution in [0, 0.1) is 5.82 Å². The molecule has 6 nitrogen and oxygen atoms in total. The molecule has 3 aromatic carbocycles. The third kappa shape index (κ3) is 6.19. The Hall–Kier alpha value is -3.94. The second-order valence-electron chi connectivity index (χ2n) is 6.96. The minimum Gasteiger partial charge on any atom is -0.378 e. The summed E-state index contributed by atoms with van der Waals surface area (Å²) in [6.45, 7) is 0. The Balaban J connectivity index is 1.81. The second kappa shape index (κ2) is 9.97. The van der Waals surface area contributed by atoms with Crippen molar-refractivity contribution in [3.05, 3.63) is 94.8 Å². The largest absolute Gasteiger partial charge is 0.417 e. The number of nitrogens with zero attached hydrogens (tertiary/aromatic N) is 1. The van der Waals surface area contributed by atoms with Gasteiger partial charge in [-0.2, -0.15) is 39.9 Å². The average molecular weight is 534 g/mol. The number of hydrazone groups is 1. The van der Waals surface area contributed by atoms with Gasteiger partial charge in [0.1, 0.15) is 10.7 Å². The van der Waals surface area contributed by atoms with Crippen LogP contribution in [0.5, 0.6) is 5.75 Å². The molecule has 1 amide bonds. The fourth-order valence-electron chi connectivity index (χ4n) is 2.85. The van der Waals surface area contributed by atoms with Gasteiger partial charge >= 0.3 is 22.5 Å². The van der Waals surface area contributed by atoms with Crippen molar-refractivity contribution >= 4 is 22.2 Å². The summed E-state index contributed by atoms with van der Waals surface area (Å²) in [5.41, 5.74) is -2.26. The highest BCUT2D eigenvalue weighted by Gasteiger charge is 2.36. The van der Waals surface area contributed by atoms with E-state index in [1.54, 1.807) is 5.43 Å². The van der Waals surface area contributed by atoms with Gasteiger partial charge in [-0.05, 0) is 48.5 Å². The van der Waals surface area contributed by atoms with Crippen LogP contribution in [-0.4, -0.2) is 20.5 Å². The zero-order valence-corrected chi connectivity index (χ0v) is 18.4. The van der Waals surface area contributed by atoms with Crippen LogP contribution in [0.1, 0.15) is 27.0 Å². The highest BCUT2D eigenvalue weighted by atomic mass is 32.2. The van der Waals surface area contributed by atoms with Crippen molar-refractivity contribution in [2.75, 3.05) is 0 Å². The molecule has 36 heavy (non-hydrogen) atoms. The van der Waals surface area contributed by atoms with Crippen molar-refractivity contribution in [3.8, 4) is 5.75 Å². The molecule has 0 aliphatic heterocycles. The molecule has 14 heteroatoms. The molecule has 0 unspecified atom stereocenters. The zero-order valence-electron chi connectivity index (χ0n) is 17.6. The van der Waals surface area contributed by atoms with Crippen LogP contribution >= 0.6 is 0 Å². The van der Waals surface area contributed by atoms with E-state index < -0.39 is 55.8 Å². The van der Waals surface area contributed by atoms with Crippen LogP contribution in [0.4, 0.5) is 30.7 Å². The van der Waals surface area contributed by atoms with Crippen LogP contribution in [0.25, 0.3) is 0 Å². The quantitative estimate of drug-likeness (QED) is 0.199. The molecule has 1 N–H and O–H groups in total. The van der Waals surface area contributed by atoms with E-state index in [-0.39, 0.29) is 11.3 Å². The topological polar surface area (TPSA) is 84.8 Å². The van der Waals surface area contributed by atoms with Gasteiger partial charge in [0.2, 0.25) is 0 Å². The summed E-state index contributed by atoms with van der Waals surface area (Å²) >= 11 is 0. The van der Waals surface area contributed by atoms with Crippen LogP contribution in [0.3, 0.4) is 0 Å². The third-order valence-electron chi connectivity index (χ3n) is 4.50. The maximum absolute atomic E-state index is 13.9. The summed E-state index contributed by atoms with van der Waals surface area (Å²) in [7, 11) is -4.60. The lowest BCUT2D eigenvalue weighted by atomic mass is 10.1. The van der Waals surface area contributed by atoms with E-state index in [9.17, 15) is 43.9 Å². The number of carbonyl (C=O) groups is 1. The van der Waals surface area contributed by atoms with Gasteiger partial charge in [-0.3, -0.25) is 4.79 Å². The smallest absolute Gasteiger partial charge is 0.378 e. The Morgan fingerprint density at radius 2 is 1.50 bits per heavy atom. The molecule has 0 saturated heterocycles. The summed E-state index contributed by atoms with van der Waals surface area (Å²) in [4.78, 5) is 11.6. The van der Waals surface area contributed by atoms with Gasteiger partial charge in [0.25, 0.3) is 5.91 Å². The third-order valence-corrected chi connectivity index (χ3v) is 5.75. The lowest BCUT2D eigenvalue weighted by Gasteiger charge is -2.12. The molecule has 0 aliphatic rings. The van der Waals surface area contributed by atoms with Gasteiger partial charge in [-0.1, -0.05) is 18.2 Å². The van der Waals surface area contributed by atoms with Crippen molar-refractivity contribution in [1.29, 1.82) is 0 Å². The Labute approximate surface area is 199 Å². The standard InChI is InChI=1S/C22H13F7N2O4S/c23-17-6-3-5-16(22(27,28)29)19(17)20(32)31-30-12-13-4-1-2-7-18(13)35-36(33,34)15-10-8-14(9-11-15)21(24,25)26/h1-12H,(H,31,32). The summed E-state index contributed by atoms with van der Waals surface area (Å²) < 4.78 is 121. The first kappa shape index (κ1) is 26.7. The minimum atomic E-state index is -5.02. The van der Waals surface area contributed by atoms with E-state index in [1.807, 2.05) is 0 Å². The Bertz CT molecular complexity index is 1400. The van der Waals surface area contributed by atoms with E-state index in [4.69, 9.17) is 4.18 Å². The number of rotatable bonds is 6. The number of nitrogens with one attached hydrogen (secondary N) is 1. The first-order valence-corrected chi connectivity index (χ1v) is 11.0. The predicted octanol–water partition coefficient (Wildman–Crippen LogP) is 5.39. The SMILES string of the molecule is O=C(NN=Cc1ccccc1OS(=O)(=O)c1ccc(C(F)(F)F)cc1)c1c(F)cccc1C(F)(F)F. The molecular formula is C22H13F7N2O4S. The number of carbonyl (C=O) groups excluding carboxylic acids is 1. The number of hydrogen-bond donors (Lipinski definition) is 1. The van der Waals surface area contributed by atoms with Crippen LogP contribution in [0.15, 0.2) is 76.7 Å². The fraction of sp³-hybridized carbons (Fsp3) is 0.0909. The van der Waals surface area contributed by atoms with Gasteiger partial charge < -0.3 is 4.18 Å². The van der Waals surface area contributed by atoms with Crippen molar-refractivity contribution < 1.29 is 48.1 Å². The van der Waals surface area contributed by atoms with E-state index in [2.05, 4.69) is 5.10 Å². The van der Waals surface area contributed by atoms with E-state index in [0.29, 0.717) is 36.4 Å². The van der Waals surface area contributed by atoms with E-state index >= 15 is 0 Å². The maximum atomic E-state index is 13.9. The van der Waals surface area contributed by atoms with Gasteiger partial charge in [0.05, 0.1) is 22.9 Å². The van der Waals surface area contributed by atoms with E-state index in [1.165, 1.54) is 18.2 Å². The first-order valence-electron chi connectivity index (χ1n) is 9.60. The lowest BCUT2D eigenvalue weighted by molar-refractivity contribution is -0.138. The molecule has 0 bridgehead atoms. The van der Waals surface area contributed by atoms with Crippen molar-refractivity contribution in [2.24, 2.45) is 5.10 Å². The molecular weight excluding hydrogens is 521 g/mol. The zero-order chi connectivity index (χ0) is 26.7. The average Bonchev–Trinajstić information content (AvgIpc) is 2.78. The molecule has 3 rings (SSSR count). The number of benzene rings is 3. The van der Waals surface area contributed by atoms with Crippen molar-refractivity contribution in [1.82, 2.24) is 5.43 Å². The molecule has 0 heterocycles. The van der Waals surface area contributed by atoms with Crippen LogP contribution < -0.4 is 9.61 Å². The number of alkyl halides is 6. The summed E-state index contributed by atoms with van der Waals surface area (Å²) in [5.74, 6) is -3.33. The summed E-state index contributed by atoms with van der Waals surface area (Å²) in [6.07, 6.45) is -8.88. The fourth-order valence-corrected chi connectivity index (χ4v) is 3.80. The Kier molecular flexibility index (Phi) is 7.38. The van der Waals surface area contributed by atoms with Gasteiger partial charge in [-0.25, -0.2) is 9.82 Å². The van der Waals surface area contributed by atoms with E-state index in [0.717, 1.165) is 18.3 Å². The lowest BCUT2D eigenvalue weighted by Crippen LogP contribution is -2.24. The number of hydrogen-bond acceptors (Lipinski definition) is 5. The minimum absolute atomic E-state index is 0.0853. The second-order valence-corrected chi connectivity index (χ2v) is 8.50. The molecule has 190 valence electrons. The molecule has 0 aromatic heterocycles. The molecule has 0 aliphatic carbocycles. The molecule has 0 spiro atoms. The van der Waals surface area contributed by atoms with Crippen LogP contribution in [0.2, 0.25) is 0 Å². The van der Waals surface area contributed by atoms with Crippen molar-refractivity contribution in [3.63, 3.8) is 0 Å². The number of halogens is 7.